The zero-order valence-corrected chi connectivity index (χ0v) is 9.50. The number of hydrogen-bond donors (Lipinski definition) is 2. The molecule has 0 aromatic carbocycles. The van der Waals surface area contributed by atoms with E-state index in [1.807, 2.05) is 0 Å². The van der Waals surface area contributed by atoms with Gasteiger partial charge in [-0.3, -0.25) is 0 Å². The van der Waals surface area contributed by atoms with Crippen molar-refractivity contribution in [1.82, 2.24) is 5.32 Å². The molecule has 2 rings (SSSR count). The highest BCUT2D eigenvalue weighted by atomic mass is 35.5. The summed E-state index contributed by atoms with van der Waals surface area (Å²) in [6, 6.07) is 2.53. The molecule has 0 saturated carbocycles. The second kappa shape index (κ2) is 4.62. The standard InChI is InChI=1S/C10H14ClNOS/c11-10-6-7-8(12-4-1-5-13)2-3-9(7)14-10/h6,8,12-13H,1-5H2. The Morgan fingerprint density at radius 1 is 1.64 bits per heavy atom. The zero-order chi connectivity index (χ0) is 9.97. The molecule has 2 N–H and O–H groups in total. The van der Waals surface area contributed by atoms with Crippen molar-refractivity contribution in [2.24, 2.45) is 0 Å². The summed E-state index contributed by atoms with van der Waals surface area (Å²) < 4.78 is 0.892. The smallest absolute Gasteiger partial charge is 0.0934 e. The van der Waals surface area contributed by atoms with Gasteiger partial charge < -0.3 is 10.4 Å². The van der Waals surface area contributed by atoms with E-state index in [-0.39, 0.29) is 6.61 Å². The number of fused-ring (bicyclic) bond motifs is 1. The molecule has 0 spiro atoms. The third kappa shape index (κ3) is 2.11. The average molecular weight is 232 g/mol. The molecular formula is C10H14ClNOS. The van der Waals surface area contributed by atoms with E-state index in [0.717, 1.165) is 23.7 Å². The lowest BCUT2D eigenvalue weighted by Crippen LogP contribution is -2.20. The summed E-state index contributed by atoms with van der Waals surface area (Å²) in [5, 5.41) is 12.1. The fourth-order valence-electron chi connectivity index (χ4n) is 1.90. The number of aryl methyl sites for hydroxylation is 1. The molecule has 1 unspecified atom stereocenters. The zero-order valence-electron chi connectivity index (χ0n) is 7.92. The molecule has 4 heteroatoms. The van der Waals surface area contributed by atoms with Crippen LogP contribution in [-0.2, 0) is 6.42 Å². The highest BCUT2D eigenvalue weighted by Crippen LogP contribution is 2.39. The van der Waals surface area contributed by atoms with Gasteiger partial charge in [-0.05, 0) is 37.4 Å². The van der Waals surface area contributed by atoms with Gasteiger partial charge in [0, 0.05) is 17.5 Å². The summed E-state index contributed by atoms with van der Waals surface area (Å²) in [6.07, 6.45) is 3.14. The molecule has 1 aromatic heterocycles. The van der Waals surface area contributed by atoms with E-state index in [1.165, 1.54) is 16.9 Å². The molecule has 0 fully saturated rings. The lowest BCUT2D eigenvalue weighted by atomic mass is 10.2. The molecular weight excluding hydrogens is 218 g/mol. The maximum absolute atomic E-state index is 8.68. The third-order valence-corrected chi connectivity index (χ3v) is 3.91. The molecule has 1 aliphatic rings. The van der Waals surface area contributed by atoms with E-state index in [2.05, 4.69) is 11.4 Å². The van der Waals surface area contributed by atoms with Crippen LogP contribution in [0, 0.1) is 0 Å². The molecule has 78 valence electrons. The summed E-state index contributed by atoms with van der Waals surface area (Å²) in [6.45, 7) is 1.14. The van der Waals surface area contributed by atoms with Gasteiger partial charge in [-0.25, -0.2) is 0 Å². The van der Waals surface area contributed by atoms with Crippen LogP contribution in [0.5, 0.6) is 0 Å². The summed E-state index contributed by atoms with van der Waals surface area (Å²) in [5.41, 5.74) is 1.37. The van der Waals surface area contributed by atoms with Crippen molar-refractivity contribution in [2.75, 3.05) is 13.2 Å². The van der Waals surface area contributed by atoms with Gasteiger partial charge in [0.2, 0.25) is 0 Å². The Kier molecular flexibility index (Phi) is 3.44. The van der Waals surface area contributed by atoms with Crippen molar-refractivity contribution < 1.29 is 5.11 Å². The normalized spacial score (nSPS) is 20.0. The second-order valence-electron chi connectivity index (χ2n) is 3.55. The lowest BCUT2D eigenvalue weighted by Gasteiger charge is -2.11. The molecule has 0 saturated heterocycles. The van der Waals surface area contributed by atoms with Gasteiger partial charge in [-0.2, -0.15) is 0 Å². The Morgan fingerprint density at radius 3 is 3.29 bits per heavy atom. The molecule has 0 bridgehead atoms. The van der Waals surface area contributed by atoms with Gasteiger partial charge in [0.15, 0.2) is 0 Å². The quantitative estimate of drug-likeness (QED) is 0.780. The predicted octanol–water partition coefficient (Wildman–Crippen LogP) is 2.36. The molecule has 2 nitrogen and oxygen atoms in total. The van der Waals surface area contributed by atoms with Gasteiger partial charge in [-0.1, -0.05) is 11.6 Å². The van der Waals surface area contributed by atoms with Crippen molar-refractivity contribution in [3.8, 4) is 0 Å². The first kappa shape index (κ1) is 10.4. The molecule has 0 radical (unpaired) electrons. The van der Waals surface area contributed by atoms with E-state index in [9.17, 15) is 0 Å². The number of aliphatic hydroxyl groups is 1. The van der Waals surface area contributed by atoms with Crippen molar-refractivity contribution in [2.45, 2.75) is 25.3 Å². The van der Waals surface area contributed by atoms with Crippen LogP contribution in [0.1, 0.15) is 29.3 Å². The fraction of sp³-hybridized carbons (Fsp3) is 0.600. The number of thiophene rings is 1. The number of halogens is 1. The Bertz CT molecular complexity index is 313. The maximum Gasteiger partial charge on any atom is 0.0934 e. The van der Waals surface area contributed by atoms with Crippen molar-refractivity contribution in [1.29, 1.82) is 0 Å². The second-order valence-corrected chi connectivity index (χ2v) is 5.32. The first-order chi connectivity index (χ1) is 6.81. The predicted molar refractivity (Wildman–Crippen MR) is 60.1 cm³/mol. The largest absolute Gasteiger partial charge is 0.396 e. The van der Waals surface area contributed by atoms with Crippen molar-refractivity contribution in [3.63, 3.8) is 0 Å². The Morgan fingerprint density at radius 2 is 2.50 bits per heavy atom. The molecule has 1 atom stereocenters. The van der Waals surface area contributed by atoms with Gasteiger partial charge >= 0.3 is 0 Å². The van der Waals surface area contributed by atoms with E-state index in [4.69, 9.17) is 16.7 Å². The molecule has 14 heavy (non-hydrogen) atoms. The summed E-state index contributed by atoms with van der Waals surface area (Å²) in [5.74, 6) is 0. The number of rotatable bonds is 4. The Labute approximate surface area is 92.9 Å². The van der Waals surface area contributed by atoms with E-state index < -0.39 is 0 Å². The van der Waals surface area contributed by atoms with Crippen LogP contribution in [0.2, 0.25) is 4.34 Å². The van der Waals surface area contributed by atoms with Crippen LogP contribution in [0.4, 0.5) is 0 Å². The number of nitrogens with one attached hydrogen (secondary N) is 1. The van der Waals surface area contributed by atoms with Gasteiger partial charge in [0.1, 0.15) is 0 Å². The maximum atomic E-state index is 8.68. The van der Waals surface area contributed by atoms with Gasteiger partial charge in [-0.15, -0.1) is 11.3 Å². The summed E-state index contributed by atoms with van der Waals surface area (Å²) in [7, 11) is 0. The molecule has 0 amide bonds. The molecule has 1 aliphatic carbocycles. The fourth-order valence-corrected chi connectivity index (χ4v) is 3.25. The highest BCUT2D eigenvalue weighted by molar-refractivity contribution is 7.16. The van der Waals surface area contributed by atoms with Crippen LogP contribution >= 0.6 is 22.9 Å². The SMILES string of the molecule is OCCCNC1CCc2sc(Cl)cc21. The van der Waals surface area contributed by atoms with Crippen molar-refractivity contribution in [3.05, 3.63) is 20.8 Å². The summed E-state index contributed by atoms with van der Waals surface area (Å²) in [4.78, 5) is 1.43. The lowest BCUT2D eigenvalue weighted by molar-refractivity contribution is 0.283. The van der Waals surface area contributed by atoms with E-state index in [1.54, 1.807) is 11.3 Å². The number of hydrogen-bond acceptors (Lipinski definition) is 3. The van der Waals surface area contributed by atoms with E-state index >= 15 is 0 Å². The minimum Gasteiger partial charge on any atom is -0.396 e. The average Bonchev–Trinajstić information content (AvgIpc) is 2.66. The number of aliphatic hydroxyl groups excluding tert-OH is 1. The van der Waals surface area contributed by atoms with Crippen LogP contribution in [0.3, 0.4) is 0 Å². The van der Waals surface area contributed by atoms with Crippen LogP contribution in [-0.4, -0.2) is 18.3 Å². The molecule has 1 heterocycles. The topological polar surface area (TPSA) is 32.3 Å². The van der Waals surface area contributed by atoms with Gasteiger partial charge in [0.25, 0.3) is 0 Å². The first-order valence-corrected chi connectivity index (χ1v) is 6.13. The van der Waals surface area contributed by atoms with Crippen LogP contribution < -0.4 is 5.32 Å². The van der Waals surface area contributed by atoms with Crippen molar-refractivity contribution >= 4 is 22.9 Å². The van der Waals surface area contributed by atoms with Gasteiger partial charge in [0.05, 0.1) is 4.34 Å². The molecule has 1 aromatic rings. The van der Waals surface area contributed by atoms with E-state index in [0.29, 0.717) is 6.04 Å². The monoisotopic (exact) mass is 231 g/mol. The third-order valence-electron chi connectivity index (χ3n) is 2.57. The van der Waals surface area contributed by atoms with Crippen LogP contribution in [0.15, 0.2) is 6.07 Å². The summed E-state index contributed by atoms with van der Waals surface area (Å²) >= 11 is 7.65. The Balaban J connectivity index is 1.95. The Hall–Kier alpha value is -0.0900. The molecule has 0 aliphatic heterocycles. The highest BCUT2D eigenvalue weighted by Gasteiger charge is 2.24. The minimum atomic E-state index is 0.261. The first-order valence-electron chi connectivity index (χ1n) is 4.93. The minimum absolute atomic E-state index is 0.261. The van der Waals surface area contributed by atoms with Crippen LogP contribution in [0.25, 0.3) is 0 Å².